The van der Waals surface area contributed by atoms with E-state index in [0.29, 0.717) is 12.0 Å². The summed E-state index contributed by atoms with van der Waals surface area (Å²) in [4.78, 5) is 32.8. The fraction of sp³-hybridized carbons (Fsp3) is 0.500. The Hall–Kier alpha value is -2.88. The van der Waals surface area contributed by atoms with Gasteiger partial charge in [-0.05, 0) is 42.9 Å². The average Bonchev–Trinajstić information content (AvgIpc) is 3.43. The molecule has 1 N–H and O–H groups in total. The Balaban J connectivity index is 1.44. The number of halogens is 3. The molecule has 0 unspecified atom stereocenters. The number of hydrogen-bond donors (Lipinski definition) is 1. The van der Waals surface area contributed by atoms with Crippen molar-refractivity contribution in [3.8, 4) is 0 Å². The molecule has 2 amide bonds. The highest BCUT2D eigenvalue weighted by atomic mass is 19.4. The van der Waals surface area contributed by atoms with Crippen molar-refractivity contribution in [2.24, 2.45) is 7.05 Å². The Morgan fingerprint density at radius 3 is 2.56 bits per heavy atom. The summed E-state index contributed by atoms with van der Waals surface area (Å²) < 4.78 is 42.6. The van der Waals surface area contributed by atoms with Gasteiger partial charge in [0.2, 0.25) is 5.91 Å². The van der Waals surface area contributed by atoms with Gasteiger partial charge < -0.3 is 19.5 Å². The van der Waals surface area contributed by atoms with Crippen LogP contribution in [0.5, 0.6) is 0 Å². The molecule has 2 aliphatic carbocycles. The number of hydrogen-bond acceptors (Lipinski definition) is 4. The number of fused-ring (bicyclic) bond motifs is 1. The van der Waals surface area contributed by atoms with Gasteiger partial charge in [-0.2, -0.15) is 13.2 Å². The predicted molar refractivity (Wildman–Crippen MR) is 109 cm³/mol. The Morgan fingerprint density at radius 2 is 1.97 bits per heavy atom. The topological polar surface area (TPSA) is 78.7 Å². The zero-order chi connectivity index (χ0) is 22.8. The van der Waals surface area contributed by atoms with Crippen LogP contribution in [0.4, 0.5) is 13.2 Å². The molecule has 1 aromatic heterocycles. The number of imidazole rings is 1. The molecule has 0 radical (unpaired) electrons. The van der Waals surface area contributed by atoms with Gasteiger partial charge in [0.1, 0.15) is 12.1 Å². The van der Waals surface area contributed by atoms with Gasteiger partial charge in [0.15, 0.2) is 5.82 Å². The Kier molecular flexibility index (Phi) is 4.81. The molecule has 0 spiro atoms. The molecule has 1 aromatic carbocycles. The van der Waals surface area contributed by atoms with Crippen LogP contribution < -0.4 is 0 Å². The standard InChI is InChI=1S/C22H23F3N4O3/c1-27-16-10-13(12-5-6-12)9-14(22(23,24)25)19(16)26-20(27)21(32)28-7-8-29(18(31)11-28)15-3-2-4-17(15)30/h2,4,9-10,12,15,17,30H,3,5-8,11H2,1H3/t15-,17-/m0/s1. The second-order valence-electron chi connectivity index (χ2n) is 8.74. The van der Waals surface area contributed by atoms with Gasteiger partial charge in [0, 0.05) is 20.1 Å². The van der Waals surface area contributed by atoms with Crippen molar-refractivity contribution in [3.05, 3.63) is 41.2 Å². The number of benzene rings is 1. The van der Waals surface area contributed by atoms with E-state index < -0.39 is 23.8 Å². The van der Waals surface area contributed by atoms with Crippen molar-refractivity contribution < 1.29 is 27.9 Å². The minimum absolute atomic E-state index is 0.112. The van der Waals surface area contributed by atoms with Gasteiger partial charge in [0.25, 0.3) is 5.91 Å². The molecule has 32 heavy (non-hydrogen) atoms. The van der Waals surface area contributed by atoms with Crippen LogP contribution in [0.3, 0.4) is 0 Å². The van der Waals surface area contributed by atoms with Gasteiger partial charge in [0.05, 0.1) is 23.2 Å². The number of aliphatic hydroxyl groups excluding tert-OH is 1. The summed E-state index contributed by atoms with van der Waals surface area (Å²) in [6, 6.07) is 2.49. The lowest BCUT2D eigenvalue weighted by Crippen LogP contribution is -2.57. The molecule has 0 bridgehead atoms. The molecular weight excluding hydrogens is 425 g/mol. The van der Waals surface area contributed by atoms with E-state index in [4.69, 9.17) is 0 Å². The minimum atomic E-state index is -4.59. The first-order chi connectivity index (χ1) is 15.1. The third-order valence-corrected chi connectivity index (χ3v) is 6.60. The van der Waals surface area contributed by atoms with E-state index in [-0.39, 0.29) is 54.4 Å². The van der Waals surface area contributed by atoms with E-state index in [1.165, 1.54) is 16.5 Å². The Morgan fingerprint density at radius 1 is 1.22 bits per heavy atom. The fourth-order valence-electron chi connectivity index (χ4n) is 4.66. The van der Waals surface area contributed by atoms with Crippen LogP contribution in [0.1, 0.15) is 46.9 Å². The van der Waals surface area contributed by atoms with Gasteiger partial charge in [-0.1, -0.05) is 12.2 Å². The van der Waals surface area contributed by atoms with Crippen LogP contribution in [-0.2, 0) is 18.0 Å². The van der Waals surface area contributed by atoms with Crippen LogP contribution in [0.25, 0.3) is 11.0 Å². The summed E-state index contributed by atoms with van der Waals surface area (Å²) in [6.45, 7) is 0.263. The highest BCUT2D eigenvalue weighted by Crippen LogP contribution is 2.44. The second kappa shape index (κ2) is 7.33. The number of aliphatic hydroxyl groups is 1. The lowest BCUT2D eigenvalue weighted by atomic mass is 10.0. The number of alkyl halides is 3. The summed E-state index contributed by atoms with van der Waals surface area (Å²) >= 11 is 0. The molecule has 2 fully saturated rings. The van der Waals surface area contributed by atoms with Crippen molar-refractivity contribution in [1.82, 2.24) is 19.4 Å². The first kappa shape index (κ1) is 21.0. The number of aromatic nitrogens is 2. The maximum Gasteiger partial charge on any atom is 0.418 e. The van der Waals surface area contributed by atoms with E-state index >= 15 is 0 Å². The number of rotatable bonds is 3. The predicted octanol–water partition coefficient (Wildman–Crippen LogP) is 2.44. The van der Waals surface area contributed by atoms with E-state index in [1.54, 1.807) is 17.0 Å². The maximum atomic E-state index is 13.7. The number of nitrogens with zero attached hydrogens (tertiary/aromatic N) is 4. The third kappa shape index (κ3) is 3.46. The number of aryl methyl sites for hydroxylation is 1. The molecule has 1 aliphatic heterocycles. The highest BCUT2D eigenvalue weighted by Gasteiger charge is 2.39. The molecule has 10 heteroatoms. The quantitative estimate of drug-likeness (QED) is 0.732. The van der Waals surface area contributed by atoms with Crippen molar-refractivity contribution in [3.63, 3.8) is 0 Å². The highest BCUT2D eigenvalue weighted by molar-refractivity contribution is 5.98. The van der Waals surface area contributed by atoms with Crippen LogP contribution >= 0.6 is 0 Å². The molecule has 2 atom stereocenters. The van der Waals surface area contributed by atoms with E-state index in [0.717, 1.165) is 18.9 Å². The zero-order valence-corrected chi connectivity index (χ0v) is 17.5. The zero-order valence-electron chi connectivity index (χ0n) is 17.5. The summed E-state index contributed by atoms with van der Waals surface area (Å²) in [5, 5.41) is 10.0. The van der Waals surface area contributed by atoms with E-state index in [9.17, 15) is 27.9 Å². The SMILES string of the molecule is Cn1c(C(=O)N2CCN([C@H]3CC=C[C@@H]3O)C(=O)C2)nc2c(C(F)(F)F)cc(C3CC3)cc21. The molecule has 7 nitrogen and oxygen atoms in total. The first-order valence-corrected chi connectivity index (χ1v) is 10.7. The van der Waals surface area contributed by atoms with Crippen molar-refractivity contribution in [1.29, 1.82) is 0 Å². The third-order valence-electron chi connectivity index (χ3n) is 6.60. The molecular formula is C22H23F3N4O3. The summed E-state index contributed by atoms with van der Waals surface area (Å²) in [6.07, 6.45) is 0.387. The summed E-state index contributed by atoms with van der Waals surface area (Å²) in [5.41, 5.74) is -0.220. The lowest BCUT2D eigenvalue weighted by molar-refractivity contribution is -0.139. The molecule has 5 rings (SSSR count). The number of carbonyl (C=O) groups is 2. The largest absolute Gasteiger partial charge is 0.418 e. The van der Waals surface area contributed by atoms with Gasteiger partial charge in [-0.3, -0.25) is 9.59 Å². The first-order valence-electron chi connectivity index (χ1n) is 10.7. The summed E-state index contributed by atoms with van der Waals surface area (Å²) in [7, 11) is 1.53. The van der Waals surface area contributed by atoms with Gasteiger partial charge in [-0.15, -0.1) is 0 Å². The normalized spacial score (nSPS) is 24.1. The fourth-order valence-corrected chi connectivity index (χ4v) is 4.66. The molecule has 3 aliphatic rings. The van der Waals surface area contributed by atoms with E-state index in [1.807, 2.05) is 6.08 Å². The Labute approximate surface area is 182 Å². The second-order valence-corrected chi connectivity index (χ2v) is 8.74. The van der Waals surface area contributed by atoms with Crippen LogP contribution in [-0.4, -0.2) is 68.1 Å². The molecule has 1 saturated carbocycles. The van der Waals surface area contributed by atoms with E-state index in [2.05, 4.69) is 4.98 Å². The average molecular weight is 448 g/mol. The smallest absolute Gasteiger partial charge is 0.387 e. The molecule has 2 aromatic rings. The molecule has 1 saturated heterocycles. The van der Waals surface area contributed by atoms with Crippen LogP contribution in [0.2, 0.25) is 0 Å². The number of carbonyl (C=O) groups excluding carboxylic acids is 2. The minimum Gasteiger partial charge on any atom is -0.387 e. The number of piperazine rings is 1. The maximum absolute atomic E-state index is 13.7. The van der Waals surface area contributed by atoms with Crippen molar-refractivity contribution in [2.75, 3.05) is 19.6 Å². The molecule has 2 heterocycles. The Bertz CT molecular complexity index is 1140. The molecule has 170 valence electrons. The number of amides is 2. The monoisotopic (exact) mass is 448 g/mol. The van der Waals surface area contributed by atoms with Crippen LogP contribution in [0.15, 0.2) is 24.3 Å². The van der Waals surface area contributed by atoms with Crippen molar-refractivity contribution in [2.45, 2.75) is 43.5 Å². The van der Waals surface area contributed by atoms with Crippen LogP contribution in [0, 0.1) is 0 Å². The van der Waals surface area contributed by atoms with Gasteiger partial charge in [-0.25, -0.2) is 4.98 Å². The van der Waals surface area contributed by atoms with Gasteiger partial charge >= 0.3 is 6.18 Å². The van der Waals surface area contributed by atoms with Crippen molar-refractivity contribution >= 4 is 22.8 Å². The summed E-state index contributed by atoms with van der Waals surface area (Å²) in [5.74, 6) is -0.894. The lowest BCUT2D eigenvalue weighted by Gasteiger charge is -2.38.